The second-order valence-corrected chi connectivity index (χ2v) is 6.79. The Morgan fingerprint density at radius 2 is 1.81 bits per heavy atom. The molecule has 31 heavy (non-hydrogen) atoms. The van der Waals surface area contributed by atoms with Crippen molar-refractivity contribution in [2.45, 2.75) is 39.4 Å². The fourth-order valence-electron chi connectivity index (χ4n) is 2.65. The first kappa shape index (κ1) is 26.0. The molecule has 8 nitrogen and oxygen atoms in total. The minimum absolute atomic E-state index is 0.145. The van der Waals surface area contributed by atoms with Gasteiger partial charge < -0.3 is 19.5 Å². The number of nitrogens with zero attached hydrogens (tertiary/aromatic N) is 3. The lowest BCUT2D eigenvalue weighted by atomic mass is 10.2. The average molecular weight is 445 g/mol. The Morgan fingerprint density at radius 1 is 1.19 bits per heavy atom. The highest BCUT2D eigenvalue weighted by molar-refractivity contribution is 6.27. The zero-order valence-electron chi connectivity index (χ0n) is 17.7. The first-order valence-electron chi connectivity index (χ1n) is 9.33. The first-order chi connectivity index (χ1) is 14.4. The number of methoxy groups -OCH3 is 1. The summed E-state index contributed by atoms with van der Waals surface area (Å²) in [6.07, 6.45) is -1.71. The number of aliphatic carboxylic acids is 2. The minimum Gasteiger partial charge on any atom is -0.473 e. The van der Waals surface area contributed by atoms with Crippen LogP contribution < -0.4 is 5.62 Å². The number of halogens is 3. The van der Waals surface area contributed by atoms with E-state index in [1.807, 2.05) is 31.5 Å². The quantitative estimate of drug-likeness (QED) is 0.524. The standard InChI is InChI=1S/C18H24F3N3O.C2H2O4/c1-13(2)23-12-14(3)24(17(23)22-9-6-10-25-4)16-8-5-7-15(11-16)18(19,20)21;3-1(4)2(5)6/h5,7-8,11-13H,6,9-10H2,1-4H3;(H,3,4)(H,5,6). The normalized spacial score (nSPS) is 11.9. The van der Waals surface area contributed by atoms with Gasteiger partial charge in [0.15, 0.2) is 0 Å². The lowest BCUT2D eigenvalue weighted by Gasteiger charge is -2.12. The molecule has 0 unspecified atom stereocenters. The monoisotopic (exact) mass is 445 g/mol. The van der Waals surface area contributed by atoms with Crippen molar-refractivity contribution in [3.05, 3.63) is 47.3 Å². The molecular weight excluding hydrogens is 419 g/mol. The number of aryl methyl sites for hydroxylation is 1. The molecule has 1 aromatic heterocycles. The first-order valence-corrected chi connectivity index (χ1v) is 9.33. The highest BCUT2D eigenvalue weighted by atomic mass is 19.4. The van der Waals surface area contributed by atoms with Crippen molar-refractivity contribution in [3.63, 3.8) is 0 Å². The van der Waals surface area contributed by atoms with E-state index >= 15 is 0 Å². The van der Waals surface area contributed by atoms with Crippen LogP contribution in [0.25, 0.3) is 5.69 Å². The summed E-state index contributed by atoms with van der Waals surface area (Å²) in [6.45, 7) is 7.04. The summed E-state index contributed by atoms with van der Waals surface area (Å²) in [5.41, 5.74) is 1.26. The van der Waals surface area contributed by atoms with Gasteiger partial charge >= 0.3 is 18.1 Å². The molecule has 1 heterocycles. The minimum atomic E-state index is -4.37. The molecule has 0 atom stereocenters. The van der Waals surface area contributed by atoms with E-state index in [-0.39, 0.29) is 6.04 Å². The van der Waals surface area contributed by atoms with Gasteiger partial charge in [-0.05, 0) is 45.4 Å². The average Bonchev–Trinajstić information content (AvgIpc) is 3.01. The summed E-state index contributed by atoms with van der Waals surface area (Å²) in [5, 5.41) is 14.8. The van der Waals surface area contributed by atoms with Gasteiger partial charge in [0.05, 0.1) is 5.56 Å². The number of hydrogen-bond acceptors (Lipinski definition) is 4. The molecule has 2 aromatic rings. The molecular formula is C20H26F3N3O5. The molecule has 2 rings (SSSR count). The van der Waals surface area contributed by atoms with E-state index < -0.39 is 23.7 Å². The molecule has 0 spiro atoms. The maximum absolute atomic E-state index is 13.1. The third kappa shape index (κ3) is 7.59. The van der Waals surface area contributed by atoms with Gasteiger partial charge in [-0.1, -0.05) is 6.07 Å². The van der Waals surface area contributed by atoms with Crippen LogP contribution >= 0.6 is 0 Å². The molecule has 0 saturated carbocycles. The molecule has 172 valence electrons. The largest absolute Gasteiger partial charge is 0.473 e. The number of benzene rings is 1. The van der Waals surface area contributed by atoms with Gasteiger partial charge in [0, 0.05) is 43.9 Å². The lowest BCUT2D eigenvalue weighted by Crippen LogP contribution is -2.27. The SMILES string of the molecule is COCCCN=c1n(C(C)C)cc(C)n1-c1cccc(C(F)(F)F)c1.O=C(O)C(=O)O. The Bertz CT molecular complexity index is 950. The van der Waals surface area contributed by atoms with Gasteiger partial charge in [-0.2, -0.15) is 13.2 Å². The number of carboxylic acid groups (broad SMARTS) is 2. The van der Waals surface area contributed by atoms with Crippen molar-refractivity contribution in [2.75, 3.05) is 20.3 Å². The van der Waals surface area contributed by atoms with Gasteiger partial charge in [-0.15, -0.1) is 0 Å². The molecule has 0 aliphatic carbocycles. The summed E-state index contributed by atoms with van der Waals surface area (Å²) in [7, 11) is 1.63. The van der Waals surface area contributed by atoms with Gasteiger partial charge in [0.1, 0.15) is 0 Å². The molecule has 0 fully saturated rings. The molecule has 0 aliphatic heterocycles. The predicted octanol–water partition coefficient (Wildman–Crippen LogP) is 3.28. The van der Waals surface area contributed by atoms with Crippen molar-refractivity contribution in [1.29, 1.82) is 0 Å². The van der Waals surface area contributed by atoms with Crippen LogP contribution in [-0.2, 0) is 20.5 Å². The summed E-state index contributed by atoms with van der Waals surface area (Å²) >= 11 is 0. The number of carbonyl (C=O) groups is 2. The summed E-state index contributed by atoms with van der Waals surface area (Å²) in [6, 6.07) is 5.47. The Balaban J connectivity index is 0.000000703. The number of hydrogen-bond donors (Lipinski definition) is 2. The van der Waals surface area contributed by atoms with Crippen LogP contribution in [0.15, 0.2) is 35.5 Å². The number of carboxylic acids is 2. The van der Waals surface area contributed by atoms with E-state index in [4.69, 9.17) is 24.5 Å². The number of rotatable bonds is 6. The smallest absolute Gasteiger partial charge is 0.416 e. The number of alkyl halides is 3. The van der Waals surface area contributed by atoms with Gasteiger partial charge in [-0.3, -0.25) is 9.56 Å². The highest BCUT2D eigenvalue weighted by Crippen LogP contribution is 2.30. The maximum atomic E-state index is 13.1. The van der Waals surface area contributed by atoms with Crippen molar-refractivity contribution in [1.82, 2.24) is 9.13 Å². The van der Waals surface area contributed by atoms with Crippen molar-refractivity contribution < 1.29 is 37.7 Å². The van der Waals surface area contributed by atoms with Gasteiger partial charge in [-0.25, -0.2) is 9.59 Å². The zero-order chi connectivity index (χ0) is 23.8. The molecule has 0 radical (unpaired) electrons. The van der Waals surface area contributed by atoms with E-state index in [0.29, 0.717) is 24.5 Å². The van der Waals surface area contributed by atoms with E-state index in [9.17, 15) is 13.2 Å². The molecule has 0 aliphatic rings. The Kier molecular flexibility index (Phi) is 9.50. The second kappa shape index (κ2) is 11.3. The molecule has 11 heteroatoms. The predicted molar refractivity (Wildman–Crippen MR) is 106 cm³/mol. The second-order valence-electron chi connectivity index (χ2n) is 6.79. The van der Waals surface area contributed by atoms with Crippen molar-refractivity contribution in [3.8, 4) is 5.69 Å². The topological polar surface area (TPSA) is 106 Å². The van der Waals surface area contributed by atoms with E-state index in [1.165, 1.54) is 6.07 Å². The van der Waals surface area contributed by atoms with E-state index in [2.05, 4.69) is 4.99 Å². The van der Waals surface area contributed by atoms with Crippen LogP contribution in [0.5, 0.6) is 0 Å². The third-order valence-electron chi connectivity index (χ3n) is 4.04. The highest BCUT2D eigenvalue weighted by Gasteiger charge is 2.30. The zero-order valence-corrected chi connectivity index (χ0v) is 17.7. The van der Waals surface area contributed by atoms with Crippen LogP contribution in [0.4, 0.5) is 13.2 Å². The fraction of sp³-hybridized carbons (Fsp3) is 0.450. The third-order valence-corrected chi connectivity index (χ3v) is 4.04. The number of imidazole rings is 1. The van der Waals surface area contributed by atoms with Crippen LogP contribution in [0.1, 0.15) is 37.6 Å². The van der Waals surface area contributed by atoms with E-state index in [0.717, 1.165) is 24.2 Å². The maximum Gasteiger partial charge on any atom is 0.416 e. The Hall–Kier alpha value is -3.08. The van der Waals surface area contributed by atoms with Gasteiger partial charge in [0.25, 0.3) is 0 Å². The fourth-order valence-corrected chi connectivity index (χ4v) is 2.65. The summed E-state index contributed by atoms with van der Waals surface area (Å²) in [5.74, 6) is -3.65. The van der Waals surface area contributed by atoms with Crippen LogP contribution in [0, 0.1) is 6.92 Å². The number of aromatic nitrogens is 2. The molecule has 0 saturated heterocycles. The lowest BCUT2D eigenvalue weighted by molar-refractivity contribution is -0.159. The molecule has 2 N–H and O–H groups in total. The molecule has 0 amide bonds. The van der Waals surface area contributed by atoms with Crippen LogP contribution in [0.2, 0.25) is 0 Å². The summed E-state index contributed by atoms with van der Waals surface area (Å²) in [4.78, 5) is 22.8. The van der Waals surface area contributed by atoms with Crippen molar-refractivity contribution >= 4 is 11.9 Å². The molecule has 0 bridgehead atoms. The van der Waals surface area contributed by atoms with Crippen molar-refractivity contribution in [2.24, 2.45) is 4.99 Å². The van der Waals surface area contributed by atoms with Crippen LogP contribution in [0.3, 0.4) is 0 Å². The summed E-state index contributed by atoms with van der Waals surface area (Å²) < 4.78 is 47.9. The van der Waals surface area contributed by atoms with Crippen LogP contribution in [-0.4, -0.2) is 51.5 Å². The Labute approximate surface area is 177 Å². The van der Waals surface area contributed by atoms with Gasteiger partial charge in [0.2, 0.25) is 5.62 Å². The number of ether oxygens (including phenoxy) is 1. The Morgan fingerprint density at radius 3 is 2.29 bits per heavy atom. The van der Waals surface area contributed by atoms with E-state index in [1.54, 1.807) is 17.7 Å². The molecule has 1 aromatic carbocycles.